The van der Waals surface area contributed by atoms with Crippen molar-refractivity contribution in [2.75, 3.05) is 6.54 Å². The number of thiazole rings is 1. The molecule has 1 aromatic heterocycles. The van der Waals surface area contributed by atoms with E-state index in [1.165, 1.54) is 4.88 Å². The molecule has 1 aromatic carbocycles. The average molecular weight is 343 g/mol. The van der Waals surface area contributed by atoms with E-state index >= 15 is 0 Å². The van der Waals surface area contributed by atoms with Crippen molar-refractivity contribution in [2.45, 2.75) is 39.7 Å². The smallest absolute Gasteiger partial charge is 0.0949 e. The van der Waals surface area contributed by atoms with Gasteiger partial charge in [-0.3, -0.25) is 0 Å². The summed E-state index contributed by atoms with van der Waals surface area (Å²) in [6.07, 6.45) is 1.87. The van der Waals surface area contributed by atoms with Crippen molar-refractivity contribution in [1.82, 2.24) is 10.3 Å². The van der Waals surface area contributed by atoms with Crippen molar-refractivity contribution in [3.63, 3.8) is 0 Å². The van der Waals surface area contributed by atoms with Gasteiger partial charge in [0.15, 0.2) is 0 Å². The highest BCUT2D eigenvalue weighted by Gasteiger charge is 2.19. The Morgan fingerprint density at radius 3 is 2.43 bits per heavy atom. The van der Waals surface area contributed by atoms with Crippen molar-refractivity contribution in [1.29, 1.82) is 0 Å². The number of hydrogen-bond donors (Lipinski definition) is 1. The minimum absolute atomic E-state index is 0.0936. The number of benzene rings is 1. The van der Waals surface area contributed by atoms with Crippen LogP contribution in [0, 0.1) is 13.8 Å². The Hall–Kier alpha value is -0.610. The summed E-state index contributed by atoms with van der Waals surface area (Å²) < 4.78 is 0. The van der Waals surface area contributed by atoms with Crippen molar-refractivity contribution < 1.29 is 0 Å². The van der Waals surface area contributed by atoms with Crippen LogP contribution in [0.1, 0.15) is 40.5 Å². The van der Waals surface area contributed by atoms with E-state index in [1.54, 1.807) is 11.3 Å². The molecule has 0 aliphatic heterocycles. The van der Waals surface area contributed by atoms with Crippen LogP contribution in [-0.2, 0) is 6.42 Å². The third kappa shape index (κ3) is 4.19. The zero-order valence-corrected chi connectivity index (χ0v) is 14.9. The number of halogens is 2. The molecule has 0 fully saturated rings. The molecule has 0 amide bonds. The van der Waals surface area contributed by atoms with Gasteiger partial charge in [0, 0.05) is 32.9 Å². The first-order valence-electron chi connectivity index (χ1n) is 7.13. The first-order chi connectivity index (χ1) is 10.0. The Kier molecular flexibility index (Phi) is 6.06. The van der Waals surface area contributed by atoms with Gasteiger partial charge in [0.1, 0.15) is 0 Å². The van der Waals surface area contributed by atoms with Gasteiger partial charge >= 0.3 is 0 Å². The average Bonchev–Trinajstić information content (AvgIpc) is 2.74. The molecule has 2 nitrogen and oxygen atoms in total. The van der Waals surface area contributed by atoms with Crippen LogP contribution in [0.15, 0.2) is 18.2 Å². The van der Waals surface area contributed by atoms with Crippen LogP contribution >= 0.6 is 34.5 Å². The zero-order valence-electron chi connectivity index (χ0n) is 12.5. The molecular formula is C16H20Cl2N2S. The van der Waals surface area contributed by atoms with Crippen molar-refractivity contribution in [3.05, 3.63) is 49.4 Å². The minimum atomic E-state index is 0.0936. The molecule has 1 heterocycles. The zero-order chi connectivity index (χ0) is 15.4. The Balaban J connectivity index is 2.29. The van der Waals surface area contributed by atoms with Gasteiger partial charge in [0.2, 0.25) is 0 Å². The molecule has 114 valence electrons. The quantitative estimate of drug-likeness (QED) is 0.765. The highest BCUT2D eigenvalue weighted by molar-refractivity contribution is 7.11. The number of aromatic nitrogens is 1. The second-order valence-corrected chi connectivity index (χ2v) is 7.20. The van der Waals surface area contributed by atoms with Gasteiger partial charge in [-0.05, 0) is 38.9 Å². The topological polar surface area (TPSA) is 24.9 Å². The lowest BCUT2D eigenvalue weighted by Crippen LogP contribution is -2.24. The Morgan fingerprint density at radius 2 is 1.90 bits per heavy atom. The molecule has 0 bridgehead atoms. The molecule has 2 aromatic rings. The molecule has 0 saturated carbocycles. The van der Waals surface area contributed by atoms with Gasteiger partial charge < -0.3 is 5.32 Å². The molecule has 1 atom stereocenters. The predicted octanol–water partition coefficient (Wildman–Crippen LogP) is 5.35. The lowest BCUT2D eigenvalue weighted by molar-refractivity contribution is 0.528. The Bertz CT molecular complexity index is 571. The largest absolute Gasteiger partial charge is 0.309 e. The van der Waals surface area contributed by atoms with Crippen molar-refractivity contribution in [3.8, 4) is 0 Å². The molecule has 5 heteroatoms. The van der Waals surface area contributed by atoms with Crippen LogP contribution in [-0.4, -0.2) is 11.5 Å². The summed E-state index contributed by atoms with van der Waals surface area (Å²) in [4.78, 5) is 5.90. The molecule has 0 spiro atoms. The maximum Gasteiger partial charge on any atom is 0.0949 e. The van der Waals surface area contributed by atoms with E-state index in [-0.39, 0.29) is 6.04 Å². The molecule has 0 radical (unpaired) electrons. The molecule has 1 unspecified atom stereocenters. The third-order valence-electron chi connectivity index (χ3n) is 3.44. The number of nitrogens with one attached hydrogen (secondary N) is 1. The Labute approximate surface area is 140 Å². The summed E-state index contributed by atoms with van der Waals surface area (Å²) in [6, 6.07) is 5.75. The highest BCUT2D eigenvalue weighted by atomic mass is 35.5. The molecule has 0 aliphatic rings. The number of rotatable bonds is 6. The van der Waals surface area contributed by atoms with Gasteiger partial charge in [0.05, 0.1) is 10.7 Å². The van der Waals surface area contributed by atoms with Crippen molar-refractivity contribution in [2.24, 2.45) is 0 Å². The monoisotopic (exact) mass is 342 g/mol. The fraction of sp³-hybridized carbons (Fsp3) is 0.438. The second kappa shape index (κ2) is 7.59. The van der Waals surface area contributed by atoms with Crippen LogP contribution in [0.5, 0.6) is 0 Å². The van der Waals surface area contributed by atoms with E-state index < -0.39 is 0 Å². The highest BCUT2D eigenvalue weighted by Crippen LogP contribution is 2.33. The van der Waals surface area contributed by atoms with Crippen LogP contribution in [0.3, 0.4) is 0 Å². The standard InChI is InChI=1S/C16H20Cl2N2S/c1-4-8-19-14(9-15-20-10(2)11(3)21-15)16-12(17)6-5-7-13(16)18/h5-7,14,19H,4,8-9H2,1-3H3. The van der Waals surface area contributed by atoms with Gasteiger partial charge in [-0.15, -0.1) is 11.3 Å². The van der Waals surface area contributed by atoms with Crippen LogP contribution in [0.25, 0.3) is 0 Å². The summed E-state index contributed by atoms with van der Waals surface area (Å²) in [5.41, 5.74) is 2.08. The molecule has 0 aliphatic carbocycles. The Morgan fingerprint density at radius 1 is 1.24 bits per heavy atom. The molecule has 1 N–H and O–H groups in total. The number of aryl methyl sites for hydroxylation is 2. The third-order valence-corrected chi connectivity index (χ3v) is 5.19. The van der Waals surface area contributed by atoms with E-state index in [0.717, 1.165) is 35.7 Å². The van der Waals surface area contributed by atoms with E-state index in [1.807, 2.05) is 25.1 Å². The summed E-state index contributed by atoms with van der Waals surface area (Å²) in [6.45, 7) is 7.23. The number of nitrogens with zero attached hydrogens (tertiary/aromatic N) is 1. The van der Waals surface area contributed by atoms with E-state index in [0.29, 0.717) is 10.0 Å². The fourth-order valence-corrected chi connectivity index (χ4v) is 3.88. The van der Waals surface area contributed by atoms with E-state index in [9.17, 15) is 0 Å². The normalized spacial score (nSPS) is 12.6. The number of hydrogen-bond acceptors (Lipinski definition) is 3. The maximum absolute atomic E-state index is 6.36. The SMILES string of the molecule is CCCNC(Cc1nc(C)c(C)s1)c1c(Cl)cccc1Cl. The van der Waals surface area contributed by atoms with Gasteiger partial charge in [-0.2, -0.15) is 0 Å². The van der Waals surface area contributed by atoms with Crippen LogP contribution in [0.4, 0.5) is 0 Å². The van der Waals surface area contributed by atoms with Gasteiger partial charge in [-0.25, -0.2) is 4.98 Å². The van der Waals surface area contributed by atoms with Crippen LogP contribution < -0.4 is 5.32 Å². The summed E-state index contributed by atoms with van der Waals surface area (Å²) in [5, 5.41) is 6.08. The van der Waals surface area contributed by atoms with Crippen LogP contribution in [0.2, 0.25) is 10.0 Å². The second-order valence-electron chi connectivity index (χ2n) is 5.10. The summed E-state index contributed by atoms with van der Waals surface area (Å²) in [5.74, 6) is 0. The lowest BCUT2D eigenvalue weighted by atomic mass is 10.0. The molecular weight excluding hydrogens is 323 g/mol. The molecule has 21 heavy (non-hydrogen) atoms. The molecule has 2 rings (SSSR count). The minimum Gasteiger partial charge on any atom is -0.309 e. The first kappa shape index (κ1) is 16.8. The van der Waals surface area contributed by atoms with Gasteiger partial charge in [-0.1, -0.05) is 36.2 Å². The summed E-state index contributed by atoms with van der Waals surface area (Å²) >= 11 is 14.5. The molecule has 0 saturated heterocycles. The fourth-order valence-electron chi connectivity index (χ4n) is 2.24. The van der Waals surface area contributed by atoms with Gasteiger partial charge in [0.25, 0.3) is 0 Å². The maximum atomic E-state index is 6.36. The van der Waals surface area contributed by atoms with E-state index in [4.69, 9.17) is 23.2 Å². The van der Waals surface area contributed by atoms with E-state index in [2.05, 4.69) is 24.1 Å². The predicted molar refractivity (Wildman–Crippen MR) is 92.8 cm³/mol. The lowest BCUT2D eigenvalue weighted by Gasteiger charge is -2.20. The first-order valence-corrected chi connectivity index (χ1v) is 8.70. The van der Waals surface area contributed by atoms with Crippen molar-refractivity contribution >= 4 is 34.5 Å². The summed E-state index contributed by atoms with van der Waals surface area (Å²) in [7, 11) is 0.